The summed E-state index contributed by atoms with van der Waals surface area (Å²) < 4.78 is 38.4. The van der Waals surface area contributed by atoms with E-state index in [1.54, 1.807) is 6.07 Å². The van der Waals surface area contributed by atoms with Crippen LogP contribution in [0.3, 0.4) is 0 Å². The van der Waals surface area contributed by atoms with E-state index in [1.807, 2.05) is 36.1 Å². The zero-order valence-electron chi connectivity index (χ0n) is 14.3. The Hall–Kier alpha value is -2.81. The molecule has 0 unspecified atom stereocenters. The maximum Gasteiger partial charge on any atom is 0.433 e. The highest BCUT2D eigenvalue weighted by atomic mass is 19.4. The first-order chi connectivity index (χ1) is 12.4. The number of hydrogen-bond acceptors (Lipinski definition) is 3. The molecule has 1 aliphatic heterocycles. The summed E-state index contributed by atoms with van der Waals surface area (Å²) in [6.07, 6.45) is -1.01. The third-order valence-corrected chi connectivity index (χ3v) is 4.12. The van der Waals surface area contributed by atoms with Crippen molar-refractivity contribution in [3.05, 3.63) is 65.1 Å². The second kappa shape index (κ2) is 7.61. The average molecular weight is 357 g/mol. The van der Waals surface area contributed by atoms with Gasteiger partial charge in [0.2, 0.25) is 0 Å². The molecule has 0 aliphatic carbocycles. The molecule has 2 aromatic heterocycles. The van der Waals surface area contributed by atoms with Crippen LogP contribution in [0.1, 0.15) is 29.9 Å². The first-order valence-corrected chi connectivity index (χ1v) is 8.34. The van der Waals surface area contributed by atoms with E-state index in [-0.39, 0.29) is 0 Å². The van der Waals surface area contributed by atoms with Crippen LogP contribution in [0.15, 0.2) is 48.0 Å². The van der Waals surface area contributed by atoms with E-state index >= 15 is 0 Å². The summed E-state index contributed by atoms with van der Waals surface area (Å²) in [7, 11) is 0. The molecule has 0 amide bonds. The summed E-state index contributed by atoms with van der Waals surface area (Å²) in [6.45, 7) is 3.18. The number of aromatic nitrogens is 2. The van der Waals surface area contributed by atoms with Crippen molar-refractivity contribution in [2.45, 2.75) is 25.9 Å². The van der Waals surface area contributed by atoms with Gasteiger partial charge in [0.15, 0.2) is 0 Å². The van der Waals surface area contributed by atoms with Crippen LogP contribution in [0.2, 0.25) is 0 Å². The first-order valence-electron chi connectivity index (χ1n) is 8.34. The van der Waals surface area contributed by atoms with Crippen molar-refractivity contribution < 1.29 is 13.2 Å². The molecule has 3 nitrogen and oxygen atoms in total. The summed E-state index contributed by atoms with van der Waals surface area (Å²) in [4.78, 5) is 9.95. The van der Waals surface area contributed by atoms with Gasteiger partial charge >= 0.3 is 6.18 Å². The van der Waals surface area contributed by atoms with E-state index in [0.29, 0.717) is 18.9 Å². The molecule has 3 rings (SSSR count). The van der Waals surface area contributed by atoms with Gasteiger partial charge in [0.1, 0.15) is 17.2 Å². The molecule has 0 aromatic carbocycles. The molecule has 134 valence electrons. The van der Waals surface area contributed by atoms with E-state index in [4.69, 9.17) is 0 Å². The lowest BCUT2D eigenvalue weighted by Crippen LogP contribution is -2.31. The zero-order chi connectivity index (χ0) is 18.6. The number of alkyl halides is 3. The minimum absolute atomic E-state index is 0.369. The maximum atomic E-state index is 12.8. The molecule has 0 radical (unpaired) electrons. The van der Waals surface area contributed by atoms with Crippen LogP contribution >= 0.6 is 0 Å². The fourth-order valence-corrected chi connectivity index (χ4v) is 2.75. The second-order valence-corrected chi connectivity index (χ2v) is 6.10. The molecule has 2 aromatic rings. The Morgan fingerprint density at radius 2 is 1.77 bits per heavy atom. The highest BCUT2D eigenvalue weighted by Gasteiger charge is 2.33. The van der Waals surface area contributed by atoms with E-state index < -0.39 is 11.9 Å². The Morgan fingerprint density at radius 1 is 1.04 bits per heavy atom. The van der Waals surface area contributed by atoms with E-state index in [0.717, 1.165) is 30.3 Å². The Balaban J connectivity index is 1.63. The molecule has 1 saturated heterocycles. The van der Waals surface area contributed by atoms with Crippen LogP contribution in [0, 0.1) is 18.8 Å². The van der Waals surface area contributed by atoms with E-state index in [1.165, 1.54) is 11.6 Å². The molecule has 0 bridgehead atoms. The van der Waals surface area contributed by atoms with Crippen molar-refractivity contribution in [2.24, 2.45) is 0 Å². The van der Waals surface area contributed by atoms with Crippen molar-refractivity contribution in [2.75, 3.05) is 18.0 Å². The number of rotatable bonds is 1. The normalized spacial score (nSPS) is 14.6. The lowest BCUT2D eigenvalue weighted by Gasteiger charge is -2.29. The molecule has 1 aliphatic rings. The topological polar surface area (TPSA) is 29.0 Å². The predicted molar refractivity (Wildman–Crippen MR) is 94.6 cm³/mol. The number of nitrogens with zero attached hydrogens (tertiary/aromatic N) is 3. The van der Waals surface area contributed by atoms with Gasteiger partial charge in [0.25, 0.3) is 0 Å². The van der Waals surface area contributed by atoms with E-state index in [9.17, 15) is 13.2 Å². The second-order valence-electron chi connectivity index (χ2n) is 6.10. The number of pyridine rings is 2. The number of anilines is 1. The molecule has 3 heterocycles. The maximum absolute atomic E-state index is 12.8. The monoisotopic (exact) mass is 357 g/mol. The largest absolute Gasteiger partial charge is 0.433 e. The molecule has 0 atom stereocenters. The van der Waals surface area contributed by atoms with Crippen LogP contribution in [-0.4, -0.2) is 23.1 Å². The van der Waals surface area contributed by atoms with Gasteiger partial charge in [-0.2, -0.15) is 13.2 Å². The summed E-state index contributed by atoms with van der Waals surface area (Å²) in [6, 6.07) is 9.71. The van der Waals surface area contributed by atoms with Crippen LogP contribution < -0.4 is 4.90 Å². The number of aryl methyl sites for hydroxylation is 1. The highest BCUT2D eigenvalue weighted by Crippen LogP contribution is 2.29. The first kappa shape index (κ1) is 18.0. The van der Waals surface area contributed by atoms with Gasteiger partial charge in [-0.15, -0.1) is 0 Å². The quantitative estimate of drug-likeness (QED) is 0.709. The SMILES string of the molecule is Cc1cccc(C#CC=C2CCN(c3cccc(C(F)(F)F)n3)CC2)n1. The van der Waals surface area contributed by atoms with Crippen LogP contribution in [0.5, 0.6) is 0 Å². The predicted octanol–water partition coefficient (Wildman–Crippen LogP) is 4.38. The lowest BCUT2D eigenvalue weighted by molar-refractivity contribution is -0.141. The van der Waals surface area contributed by atoms with Gasteiger partial charge in [0, 0.05) is 18.8 Å². The van der Waals surface area contributed by atoms with Crippen LogP contribution in [-0.2, 0) is 6.18 Å². The van der Waals surface area contributed by atoms with Crippen LogP contribution in [0.25, 0.3) is 0 Å². The smallest absolute Gasteiger partial charge is 0.356 e. The third kappa shape index (κ3) is 4.63. The molecule has 6 heteroatoms. The number of halogens is 3. The van der Waals surface area contributed by atoms with Gasteiger partial charge in [0.05, 0.1) is 0 Å². The Kier molecular flexibility index (Phi) is 5.27. The molecular weight excluding hydrogens is 339 g/mol. The Labute approximate surface area is 150 Å². The molecule has 0 N–H and O–H groups in total. The number of allylic oxidation sites excluding steroid dienone is 1. The van der Waals surface area contributed by atoms with Gasteiger partial charge in [-0.3, -0.25) is 0 Å². The average Bonchev–Trinajstić information content (AvgIpc) is 2.62. The highest BCUT2D eigenvalue weighted by molar-refractivity contribution is 5.42. The summed E-state index contributed by atoms with van der Waals surface area (Å²) in [5.41, 5.74) is 1.99. The van der Waals surface area contributed by atoms with Gasteiger partial charge < -0.3 is 4.90 Å². The minimum Gasteiger partial charge on any atom is -0.356 e. The molecule has 26 heavy (non-hydrogen) atoms. The molecule has 0 saturated carbocycles. The standard InChI is InChI=1S/C20H18F3N3/c1-15-5-2-7-17(24-15)8-3-6-16-11-13-26(14-12-16)19-10-4-9-18(25-19)20(21,22)23/h2,4-7,9-10H,11-14H2,1H3. The number of hydrogen-bond donors (Lipinski definition) is 0. The fourth-order valence-electron chi connectivity index (χ4n) is 2.75. The molecular formula is C20H18F3N3. The van der Waals surface area contributed by atoms with Crippen molar-refractivity contribution in [3.63, 3.8) is 0 Å². The Bertz CT molecular complexity index is 866. The third-order valence-electron chi connectivity index (χ3n) is 4.12. The fraction of sp³-hybridized carbons (Fsp3) is 0.300. The zero-order valence-corrected chi connectivity index (χ0v) is 14.3. The van der Waals surface area contributed by atoms with Gasteiger partial charge in [-0.1, -0.05) is 23.6 Å². The van der Waals surface area contributed by atoms with Crippen molar-refractivity contribution in [3.8, 4) is 11.8 Å². The minimum atomic E-state index is -4.42. The van der Waals surface area contributed by atoms with Crippen molar-refractivity contribution in [1.29, 1.82) is 0 Å². The van der Waals surface area contributed by atoms with Crippen LogP contribution in [0.4, 0.5) is 19.0 Å². The summed E-state index contributed by atoms with van der Waals surface area (Å²) >= 11 is 0. The molecule has 0 spiro atoms. The Morgan fingerprint density at radius 3 is 2.46 bits per heavy atom. The summed E-state index contributed by atoms with van der Waals surface area (Å²) in [5.74, 6) is 6.41. The summed E-state index contributed by atoms with van der Waals surface area (Å²) in [5, 5.41) is 0. The van der Waals surface area contributed by atoms with Gasteiger partial charge in [-0.25, -0.2) is 9.97 Å². The lowest BCUT2D eigenvalue weighted by atomic mass is 10.0. The van der Waals surface area contributed by atoms with Gasteiger partial charge in [-0.05, 0) is 56.0 Å². The van der Waals surface area contributed by atoms with Crippen molar-refractivity contribution in [1.82, 2.24) is 9.97 Å². The molecule has 1 fully saturated rings. The van der Waals surface area contributed by atoms with E-state index in [2.05, 4.69) is 21.8 Å². The number of piperidine rings is 1. The van der Waals surface area contributed by atoms with Crippen molar-refractivity contribution >= 4 is 5.82 Å².